The van der Waals surface area contributed by atoms with Gasteiger partial charge in [0.1, 0.15) is 0 Å². The Morgan fingerprint density at radius 3 is 2.58 bits per heavy atom. The zero-order chi connectivity index (χ0) is 9.14. The van der Waals surface area contributed by atoms with Crippen molar-refractivity contribution in [1.29, 1.82) is 0 Å². The molecule has 1 aliphatic carbocycles. The Bertz CT molecular complexity index is 165. The Balaban J connectivity index is 2.39. The molecule has 0 amide bonds. The fraction of sp³-hybridized carbons (Fsp3) is 0.900. The molecule has 0 saturated heterocycles. The lowest BCUT2D eigenvalue weighted by atomic mass is 9.74. The van der Waals surface area contributed by atoms with E-state index in [1.165, 1.54) is 12.8 Å². The maximum atomic E-state index is 10.5. The molecule has 0 bridgehead atoms. The molecule has 1 N–H and O–H groups in total. The molecular formula is C10H18O2. The normalized spacial score (nSPS) is 36.3. The zero-order valence-corrected chi connectivity index (χ0v) is 7.92. The Labute approximate surface area is 74.0 Å². The van der Waals surface area contributed by atoms with Crippen molar-refractivity contribution in [1.82, 2.24) is 0 Å². The van der Waals surface area contributed by atoms with Crippen molar-refractivity contribution < 1.29 is 9.90 Å². The Kier molecular flexibility index (Phi) is 3.12. The number of carboxylic acids is 1. The molecule has 1 fully saturated rings. The topological polar surface area (TPSA) is 37.3 Å². The smallest absolute Gasteiger partial charge is 0.303 e. The van der Waals surface area contributed by atoms with Crippen LogP contribution in [0.4, 0.5) is 0 Å². The second-order valence-electron chi connectivity index (χ2n) is 4.25. The second-order valence-corrected chi connectivity index (χ2v) is 4.25. The standard InChI is InChI=1S/C10H18O2/c1-7-3-4-9(6-10(11)12)8(2)5-7/h7-9H,3-6H2,1-2H3,(H,11,12)/t7?,8-,9+/m0/s1. The summed E-state index contributed by atoms with van der Waals surface area (Å²) in [5.41, 5.74) is 0. The van der Waals surface area contributed by atoms with E-state index in [0.717, 1.165) is 12.3 Å². The van der Waals surface area contributed by atoms with Gasteiger partial charge >= 0.3 is 5.97 Å². The summed E-state index contributed by atoms with van der Waals surface area (Å²) in [6.07, 6.45) is 3.89. The summed E-state index contributed by atoms with van der Waals surface area (Å²) >= 11 is 0. The van der Waals surface area contributed by atoms with Crippen LogP contribution in [0.25, 0.3) is 0 Å². The van der Waals surface area contributed by atoms with Crippen LogP contribution in [0.15, 0.2) is 0 Å². The number of carbonyl (C=O) groups is 1. The van der Waals surface area contributed by atoms with Crippen LogP contribution >= 0.6 is 0 Å². The Hall–Kier alpha value is -0.530. The molecule has 0 spiro atoms. The molecule has 12 heavy (non-hydrogen) atoms. The van der Waals surface area contributed by atoms with E-state index >= 15 is 0 Å². The van der Waals surface area contributed by atoms with Crippen molar-refractivity contribution in [3.8, 4) is 0 Å². The van der Waals surface area contributed by atoms with Crippen LogP contribution in [0.5, 0.6) is 0 Å². The molecule has 0 heterocycles. The highest BCUT2D eigenvalue weighted by Crippen LogP contribution is 2.35. The maximum absolute atomic E-state index is 10.5. The van der Waals surface area contributed by atoms with Gasteiger partial charge in [0, 0.05) is 6.42 Å². The van der Waals surface area contributed by atoms with Gasteiger partial charge in [0.05, 0.1) is 0 Å². The molecule has 0 aromatic carbocycles. The van der Waals surface area contributed by atoms with Gasteiger partial charge in [0.25, 0.3) is 0 Å². The predicted octanol–water partition coefficient (Wildman–Crippen LogP) is 2.53. The van der Waals surface area contributed by atoms with Crippen LogP contribution in [0.3, 0.4) is 0 Å². The van der Waals surface area contributed by atoms with Gasteiger partial charge in [-0.1, -0.05) is 20.3 Å². The van der Waals surface area contributed by atoms with Gasteiger partial charge in [-0.25, -0.2) is 0 Å². The lowest BCUT2D eigenvalue weighted by Crippen LogP contribution is -2.23. The molecule has 0 aromatic rings. The molecule has 0 aliphatic heterocycles. The van der Waals surface area contributed by atoms with Crippen molar-refractivity contribution in [2.75, 3.05) is 0 Å². The number of aliphatic carboxylic acids is 1. The minimum atomic E-state index is -0.638. The fourth-order valence-electron chi connectivity index (χ4n) is 2.26. The van der Waals surface area contributed by atoms with Crippen molar-refractivity contribution >= 4 is 5.97 Å². The van der Waals surface area contributed by atoms with Gasteiger partial charge in [-0.05, 0) is 30.6 Å². The maximum Gasteiger partial charge on any atom is 0.303 e. The first kappa shape index (κ1) is 9.56. The molecule has 2 nitrogen and oxygen atoms in total. The summed E-state index contributed by atoms with van der Waals surface area (Å²) in [6, 6.07) is 0. The summed E-state index contributed by atoms with van der Waals surface area (Å²) in [6.45, 7) is 4.44. The molecule has 1 rings (SSSR count). The fourth-order valence-corrected chi connectivity index (χ4v) is 2.26. The monoisotopic (exact) mass is 170 g/mol. The van der Waals surface area contributed by atoms with E-state index in [4.69, 9.17) is 5.11 Å². The Morgan fingerprint density at radius 2 is 2.08 bits per heavy atom. The minimum absolute atomic E-state index is 0.369. The van der Waals surface area contributed by atoms with Crippen molar-refractivity contribution in [3.05, 3.63) is 0 Å². The van der Waals surface area contributed by atoms with Crippen LogP contribution in [-0.4, -0.2) is 11.1 Å². The van der Waals surface area contributed by atoms with E-state index in [1.54, 1.807) is 0 Å². The molecule has 1 aliphatic rings. The third-order valence-electron chi connectivity index (χ3n) is 3.05. The molecule has 0 aromatic heterocycles. The quantitative estimate of drug-likeness (QED) is 0.691. The number of rotatable bonds is 2. The lowest BCUT2D eigenvalue weighted by molar-refractivity contribution is -0.138. The van der Waals surface area contributed by atoms with Gasteiger partial charge < -0.3 is 5.11 Å². The average molecular weight is 170 g/mol. The predicted molar refractivity (Wildman–Crippen MR) is 47.9 cm³/mol. The van der Waals surface area contributed by atoms with Crippen LogP contribution < -0.4 is 0 Å². The van der Waals surface area contributed by atoms with Gasteiger partial charge in [0.15, 0.2) is 0 Å². The number of hydrogen-bond donors (Lipinski definition) is 1. The second kappa shape index (κ2) is 3.92. The Morgan fingerprint density at radius 1 is 1.42 bits per heavy atom. The number of hydrogen-bond acceptors (Lipinski definition) is 1. The van der Waals surface area contributed by atoms with E-state index in [0.29, 0.717) is 18.3 Å². The lowest BCUT2D eigenvalue weighted by Gasteiger charge is -2.31. The van der Waals surface area contributed by atoms with Gasteiger partial charge in [-0.3, -0.25) is 4.79 Å². The first-order chi connectivity index (χ1) is 5.59. The van der Waals surface area contributed by atoms with Crippen LogP contribution in [0.1, 0.15) is 39.5 Å². The van der Waals surface area contributed by atoms with E-state index in [-0.39, 0.29) is 0 Å². The van der Waals surface area contributed by atoms with Crippen molar-refractivity contribution in [3.63, 3.8) is 0 Å². The molecule has 70 valence electrons. The van der Waals surface area contributed by atoms with E-state index in [1.807, 2.05) is 0 Å². The molecule has 1 unspecified atom stereocenters. The third kappa shape index (κ3) is 2.50. The van der Waals surface area contributed by atoms with E-state index < -0.39 is 5.97 Å². The van der Waals surface area contributed by atoms with E-state index in [9.17, 15) is 4.79 Å². The third-order valence-corrected chi connectivity index (χ3v) is 3.05. The van der Waals surface area contributed by atoms with Gasteiger partial charge in [-0.15, -0.1) is 0 Å². The molecule has 0 radical (unpaired) electrons. The molecule has 1 saturated carbocycles. The molecule has 3 atom stereocenters. The van der Waals surface area contributed by atoms with Crippen LogP contribution in [0.2, 0.25) is 0 Å². The van der Waals surface area contributed by atoms with Crippen LogP contribution in [0, 0.1) is 17.8 Å². The molecular weight excluding hydrogens is 152 g/mol. The first-order valence-corrected chi connectivity index (χ1v) is 4.81. The van der Waals surface area contributed by atoms with Gasteiger partial charge in [-0.2, -0.15) is 0 Å². The summed E-state index contributed by atoms with van der Waals surface area (Å²) in [7, 11) is 0. The highest BCUT2D eigenvalue weighted by molar-refractivity contribution is 5.67. The summed E-state index contributed by atoms with van der Waals surface area (Å²) in [4.78, 5) is 10.5. The largest absolute Gasteiger partial charge is 0.481 e. The summed E-state index contributed by atoms with van der Waals surface area (Å²) < 4.78 is 0. The van der Waals surface area contributed by atoms with Gasteiger partial charge in [0.2, 0.25) is 0 Å². The van der Waals surface area contributed by atoms with Crippen molar-refractivity contribution in [2.45, 2.75) is 39.5 Å². The zero-order valence-electron chi connectivity index (χ0n) is 7.92. The number of carboxylic acid groups (broad SMARTS) is 1. The summed E-state index contributed by atoms with van der Waals surface area (Å²) in [5.74, 6) is 1.19. The first-order valence-electron chi connectivity index (χ1n) is 4.81. The SMILES string of the molecule is CC1CC[C@H](CC(=O)O)[C@@H](C)C1. The highest BCUT2D eigenvalue weighted by Gasteiger charge is 2.26. The van der Waals surface area contributed by atoms with E-state index in [2.05, 4.69) is 13.8 Å². The van der Waals surface area contributed by atoms with Crippen LogP contribution in [-0.2, 0) is 4.79 Å². The van der Waals surface area contributed by atoms with Crippen molar-refractivity contribution in [2.24, 2.45) is 17.8 Å². The minimum Gasteiger partial charge on any atom is -0.481 e. The summed E-state index contributed by atoms with van der Waals surface area (Å²) in [5, 5.41) is 8.65. The molecule has 2 heteroatoms. The highest BCUT2D eigenvalue weighted by atomic mass is 16.4. The average Bonchev–Trinajstić information content (AvgIpc) is 1.94.